The van der Waals surface area contributed by atoms with Gasteiger partial charge in [0.25, 0.3) is 0 Å². The molecular weight excluding hydrogens is 254 g/mol. The van der Waals surface area contributed by atoms with E-state index in [1.807, 2.05) is 6.92 Å². The summed E-state index contributed by atoms with van der Waals surface area (Å²) in [6.07, 6.45) is 9.46. The largest absolute Gasteiger partial charge is 0.480 e. The molecule has 2 atom stereocenters. The molecule has 1 N–H and O–H groups in total. The van der Waals surface area contributed by atoms with E-state index in [9.17, 15) is 9.90 Å². The van der Waals surface area contributed by atoms with Crippen molar-refractivity contribution < 1.29 is 14.6 Å². The predicted octanol–water partition coefficient (Wildman–Crippen LogP) is 2.81. The second-order valence-electron chi connectivity index (χ2n) is 6.87. The first-order valence-corrected chi connectivity index (χ1v) is 8.26. The smallest absolute Gasteiger partial charge is 0.324 e. The van der Waals surface area contributed by atoms with E-state index < -0.39 is 11.5 Å². The molecule has 2 saturated heterocycles. The fourth-order valence-corrected chi connectivity index (χ4v) is 4.83. The standard InChI is InChI=1S/C16H27NO3/c1-2-16(14(18)19)9-5-10-17(16)13-6-11-20-15(12-13)7-3-4-8-15/h13H,2-12H2,1H3,(H,18,19). The Balaban J connectivity index is 1.79. The van der Waals surface area contributed by atoms with Crippen molar-refractivity contribution in [3.8, 4) is 0 Å². The van der Waals surface area contributed by atoms with E-state index in [4.69, 9.17) is 4.74 Å². The van der Waals surface area contributed by atoms with E-state index >= 15 is 0 Å². The number of hydrogen-bond acceptors (Lipinski definition) is 3. The molecule has 0 aromatic heterocycles. The molecule has 20 heavy (non-hydrogen) atoms. The van der Waals surface area contributed by atoms with Crippen molar-refractivity contribution >= 4 is 5.97 Å². The van der Waals surface area contributed by atoms with Gasteiger partial charge in [-0.2, -0.15) is 0 Å². The van der Waals surface area contributed by atoms with Crippen LogP contribution in [0, 0.1) is 0 Å². The minimum atomic E-state index is -0.621. The second kappa shape index (κ2) is 5.30. The Morgan fingerprint density at radius 2 is 2.05 bits per heavy atom. The minimum Gasteiger partial charge on any atom is -0.480 e. The van der Waals surface area contributed by atoms with E-state index in [1.165, 1.54) is 25.7 Å². The molecule has 0 bridgehead atoms. The van der Waals surface area contributed by atoms with Gasteiger partial charge >= 0.3 is 5.97 Å². The van der Waals surface area contributed by atoms with Gasteiger partial charge in [-0.3, -0.25) is 9.69 Å². The zero-order valence-corrected chi connectivity index (χ0v) is 12.6. The number of ether oxygens (including phenoxy) is 1. The lowest BCUT2D eigenvalue weighted by atomic mass is 9.85. The predicted molar refractivity (Wildman–Crippen MR) is 76.8 cm³/mol. The number of nitrogens with zero attached hydrogens (tertiary/aromatic N) is 1. The molecule has 114 valence electrons. The van der Waals surface area contributed by atoms with Crippen molar-refractivity contribution in [3.05, 3.63) is 0 Å². The van der Waals surface area contributed by atoms with Gasteiger partial charge in [0.2, 0.25) is 0 Å². The quantitative estimate of drug-likeness (QED) is 0.864. The first-order valence-electron chi connectivity index (χ1n) is 8.26. The summed E-state index contributed by atoms with van der Waals surface area (Å²) < 4.78 is 6.10. The highest BCUT2D eigenvalue weighted by molar-refractivity contribution is 5.79. The fourth-order valence-electron chi connectivity index (χ4n) is 4.83. The number of likely N-dealkylation sites (tertiary alicyclic amines) is 1. The number of carboxylic acids is 1. The van der Waals surface area contributed by atoms with Crippen LogP contribution in [0.25, 0.3) is 0 Å². The molecule has 3 fully saturated rings. The lowest BCUT2D eigenvalue weighted by molar-refractivity contribution is -0.157. The van der Waals surface area contributed by atoms with Gasteiger partial charge in [0.05, 0.1) is 5.60 Å². The highest BCUT2D eigenvalue weighted by Crippen LogP contribution is 2.44. The summed E-state index contributed by atoms with van der Waals surface area (Å²) >= 11 is 0. The first kappa shape index (κ1) is 14.3. The van der Waals surface area contributed by atoms with Crippen molar-refractivity contribution in [2.45, 2.75) is 81.9 Å². The van der Waals surface area contributed by atoms with Crippen molar-refractivity contribution in [1.29, 1.82) is 0 Å². The summed E-state index contributed by atoms with van der Waals surface area (Å²) in [6.45, 7) is 3.78. The van der Waals surface area contributed by atoms with Crippen LogP contribution in [0.15, 0.2) is 0 Å². The Morgan fingerprint density at radius 1 is 1.30 bits per heavy atom. The third kappa shape index (κ3) is 2.17. The van der Waals surface area contributed by atoms with Gasteiger partial charge in [-0.25, -0.2) is 0 Å². The summed E-state index contributed by atoms with van der Waals surface area (Å²) in [4.78, 5) is 14.2. The van der Waals surface area contributed by atoms with Crippen molar-refractivity contribution in [1.82, 2.24) is 4.90 Å². The van der Waals surface area contributed by atoms with Crippen LogP contribution in [0.3, 0.4) is 0 Å². The van der Waals surface area contributed by atoms with Gasteiger partial charge in [0, 0.05) is 12.6 Å². The summed E-state index contributed by atoms with van der Waals surface area (Å²) in [6, 6.07) is 0.403. The third-order valence-corrected chi connectivity index (χ3v) is 5.94. The van der Waals surface area contributed by atoms with E-state index in [2.05, 4.69) is 4.90 Å². The molecule has 1 spiro atoms. The molecule has 0 aromatic carbocycles. The number of hydrogen-bond donors (Lipinski definition) is 1. The van der Waals surface area contributed by atoms with Gasteiger partial charge in [-0.1, -0.05) is 19.8 Å². The van der Waals surface area contributed by atoms with Crippen molar-refractivity contribution in [2.24, 2.45) is 0 Å². The molecule has 3 rings (SSSR count). The maximum atomic E-state index is 11.8. The van der Waals surface area contributed by atoms with Gasteiger partial charge in [0.1, 0.15) is 5.54 Å². The molecule has 2 unspecified atom stereocenters. The van der Waals surface area contributed by atoms with Crippen LogP contribution in [0.2, 0.25) is 0 Å². The molecule has 2 aliphatic heterocycles. The maximum absolute atomic E-state index is 11.8. The molecule has 4 nitrogen and oxygen atoms in total. The summed E-state index contributed by atoms with van der Waals surface area (Å²) in [5.41, 5.74) is -0.536. The molecular formula is C16H27NO3. The monoisotopic (exact) mass is 281 g/mol. The average molecular weight is 281 g/mol. The number of rotatable bonds is 3. The van der Waals surface area contributed by atoms with Gasteiger partial charge in [-0.15, -0.1) is 0 Å². The van der Waals surface area contributed by atoms with Crippen LogP contribution in [0.4, 0.5) is 0 Å². The van der Waals surface area contributed by atoms with E-state index in [0.29, 0.717) is 12.5 Å². The molecule has 3 aliphatic rings. The lowest BCUT2D eigenvalue weighted by Gasteiger charge is -2.46. The fraction of sp³-hybridized carbons (Fsp3) is 0.938. The summed E-state index contributed by atoms with van der Waals surface area (Å²) in [5.74, 6) is -0.621. The third-order valence-electron chi connectivity index (χ3n) is 5.94. The average Bonchev–Trinajstić information content (AvgIpc) is 3.06. The minimum absolute atomic E-state index is 0.0729. The topological polar surface area (TPSA) is 49.8 Å². The lowest BCUT2D eigenvalue weighted by Crippen LogP contribution is -2.57. The van der Waals surface area contributed by atoms with Crippen LogP contribution in [-0.2, 0) is 9.53 Å². The summed E-state index contributed by atoms with van der Waals surface area (Å²) in [7, 11) is 0. The molecule has 1 aliphatic carbocycles. The molecule has 2 heterocycles. The van der Waals surface area contributed by atoms with Crippen LogP contribution in [0.1, 0.15) is 64.7 Å². The van der Waals surface area contributed by atoms with Crippen LogP contribution in [-0.4, -0.2) is 46.3 Å². The molecule has 4 heteroatoms. The highest BCUT2D eigenvalue weighted by atomic mass is 16.5. The maximum Gasteiger partial charge on any atom is 0.324 e. The van der Waals surface area contributed by atoms with Gasteiger partial charge in [-0.05, 0) is 51.5 Å². The first-order chi connectivity index (χ1) is 9.62. The Labute approximate surface area is 121 Å². The number of aliphatic carboxylic acids is 1. The second-order valence-corrected chi connectivity index (χ2v) is 6.87. The van der Waals surface area contributed by atoms with E-state index in [0.717, 1.165) is 38.8 Å². The molecule has 0 aromatic rings. The van der Waals surface area contributed by atoms with E-state index in [1.54, 1.807) is 0 Å². The SMILES string of the molecule is CCC1(C(=O)O)CCCN1C1CCOC2(CCCC2)C1. The highest BCUT2D eigenvalue weighted by Gasteiger charge is 2.51. The zero-order valence-electron chi connectivity index (χ0n) is 12.6. The molecule has 1 saturated carbocycles. The van der Waals surface area contributed by atoms with Crippen molar-refractivity contribution in [2.75, 3.05) is 13.2 Å². The Kier molecular flexibility index (Phi) is 3.80. The van der Waals surface area contributed by atoms with Crippen molar-refractivity contribution in [3.63, 3.8) is 0 Å². The zero-order chi connectivity index (χ0) is 14.2. The van der Waals surface area contributed by atoms with Gasteiger partial charge in [0.15, 0.2) is 0 Å². The summed E-state index contributed by atoms with van der Waals surface area (Å²) in [5, 5.41) is 9.75. The normalized spacial score (nSPS) is 37.5. The van der Waals surface area contributed by atoms with Crippen LogP contribution in [0.5, 0.6) is 0 Å². The Bertz CT molecular complexity index is 378. The van der Waals surface area contributed by atoms with Crippen LogP contribution < -0.4 is 0 Å². The molecule has 0 radical (unpaired) electrons. The number of carbonyl (C=O) groups is 1. The Hall–Kier alpha value is -0.610. The van der Waals surface area contributed by atoms with Gasteiger partial charge < -0.3 is 9.84 Å². The number of carboxylic acid groups (broad SMARTS) is 1. The van der Waals surface area contributed by atoms with E-state index in [-0.39, 0.29) is 5.60 Å². The Morgan fingerprint density at radius 3 is 2.70 bits per heavy atom. The van der Waals surface area contributed by atoms with Crippen LogP contribution >= 0.6 is 0 Å². The molecule has 0 amide bonds.